The third kappa shape index (κ3) is 2.39. The molecule has 0 bridgehead atoms. The summed E-state index contributed by atoms with van der Waals surface area (Å²) in [4.78, 5) is 0. The quantitative estimate of drug-likeness (QED) is 0.917. The van der Waals surface area contributed by atoms with Gasteiger partial charge >= 0.3 is 0 Å². The molecular formula is C16H22N2O. The summed E-state index contributed by atoms with van der Waals surface area (Å²) in [6, 6.07) is 8.34. The number of fused-ring (bicyclic) bond motifs is 1. The molecule has 1 aromatic heterocycles. The minimum atomic E-state index is -0.534. The van der Waals surface area contributed by atoms with Gasteiger partial charge in [0.1, 0.15) is 0 Å². The number of aromatic nitrogens is 2. The van der Waals surface area contributed by atoms with E-state index >= 15 is 0 Å². The second kappa shape index (κ2) is 4.97. The summed E-state index contributed by atoms with van der Waals surface area (Å²) in [7, 11) is 0. The molecule has 1 N–H and O–H groups in total. The van der Waals surface area contributed by atoms with Crippen LogP contribution in [0.3, 0.4) is 0 Å². The molecule has 0 spiro atoms. The topological polar surface area (TPSA) is 38.0 Å². The van der Waals surface area contributed by atoms with E-state index in [9.17, 15) is 5.11 Å². The van der Waals surface area contributed by atoms with Gasteiger partial charge in [0.25, 0.3) is 0 Å². The van der Waals surface area contributed by atoms with Gasteiger partial charge in [-0.05, 0) is 25.8 Å². The predicted octanol–water partition coefficient (Wildman–Crippen LogP) is 3.29. The highest BCUT2D eigenvalue weighted by Crippen LogP contribution is 2.32. The van der Waals surface area contributed by atoms with Crippen LogP contribution in [0.1, 0.15) is 44.7 Å². The first-order valence-electron chi connectivity index (χ1n) is 7.39. The van der Waals surface area contributed by atoms with Gasteiger partial charge < -0.3 is 5.11 Å². The lowest BCUT2D eigenvalue weighted by molar-refractivity contribution is 0.00381. The average molecular weight is 258 g/mol. The van der Waals surface area contributed by atoms with E-state index in [0.717, 1.165) is 37.9 Å². The molecule has 0 atom stereocenters. The molecule has 102 valence electrons. The average Bonchev–Trinajstić information content (AvgIpc) is 2.77. The lowest BCUT2D eigenvalue weighted by Crippen LogP contribution is -2.34. The Kier molecular flexibility index (Phi) is 3.31. The summed E-state index contributed by atoms with van der Waals surface area (Å²) in [6.45, 7) is 2.98. The summed E-state index contributed by atoms with van der Waals surface area (Å²) < 4.78 is 2.04. The van der Waals surface area contributed by atoms with Crippen LogP contribution in [0.4, 0.5) is 0 Å². The second-order valence-electron chi connectivity index (χ2n) is 5.74. The van der Waals surface area contributed by atoms with Crippen molar-refractivity contribution in [3.8, 4) is 0 Å². The van der Waals surface area contributed by atoms with Gasteiger partial charge in [-0.2, -0.15) is 5.10 Å². The molecule has 1 fully saturated rings. The van der Waals surface area contributed by atoms with Crippen LogP contribution in [0.5, 0.6) is 0 Å². The zero-order chi connectivity index (χ0) is 13.3. The summed E-state index contributed by atoms with van der Waals surface area (Å²) in [5.74, 6) is 0. The van der Waals surface area contributed by atoms with E-state index < -0.39 is 5.60 Å². The summed E-state index contributed by atoms with van der Waals surface area (Å²) in [5.41, 5.74) is 1.70. The highest BCUT2D eigenvalue weighted by Gasteiger charge is 2.31. The van der Waals surface area contributed by atoms with Gasteiger partial charge in [0, 0.05) is 18.4 Å². The number of hydrogen-bond donors (Lipinski definition) is 1. The van der Waals surface area contributed by atoms with Gasteiger partial charge in [0.15, 0.2) is 0 Å². The van der Waals surface area contributed by atoms with Crippen molar-refractivity contribution in [2.24, 2.45) is 0 Å². The molecule has 3 rings (SSSR count). The number of para-hydroxylation sites is 1. The van der Waals surface area contributed by atoms with Crippen molar-refractivity contribution >= 4 is 10.9 Å². The Hall–Kier alpha value is -1.35. The zero-order valence-electron chi connectivity index (χ0n) is 11.6. The highest BCUT2D eigenvalue weighted by molar-refractivity contribution is 5.82. The number of hydrogen-bond acceptors (Lipinski definition) is 2. The maximum Gasteiger partial charge on any atom is 0.0731 e. The number of nitrogens with zero attached hydrogens (tertiary/aromatic N) is 2. The van der Waals surface area contributed by atoms with Crippen molar-refractivity contribution in [1.29, 1.82) is 0 Å². The van der Waals surface area contributed by atoms with Gasteiger partial charge in [-0.25, -0.2) is 0 Å². The van der Waals surface area contributed by atoms with Crippen molar-refractivity contribution in [2.45, 2.75) is 57.6 Å². The van der Waals surface area contributed by atoms with Crippen molar-refractivity contribution in [2.75, 3.05) is 0 Å². The minimum Gasteiger partial charge on any atom is -0.389 e. The van der Waals surface area contributed by atoms with E-state index in [4.69, 9.17) is 5.10 Å². The standard InChI is InChI=1S/C16H22N2O/c1-2-18-15-9-5-4-8-13(15)14(17-18)12-16(19)10-6-3-7-11-16/h4-5,8-9,19H,2-3,6-7,10-12H2,1H3. The Morgan fingerprint density at radius 1 is 1.21 bits per heavy atom. The summed E-state index contributed by atoms with van der Waals surface area (Å²) in [5, 5.41) is 16.6. The summed E-state index contributed by atoms with van der Waals surface area (Å²) >= 11 is 0. The number of rotatable bonds is 3. The van der Waals surface area contributed by atoms with Crippen LogP contribution in [0.2, 0.25) is 0 Å². The van der Waals surface area contributed by atoms with Crippen LogP contribution in [0.15, 0.2) is 24.3 Å². The van der Waals surface area contributed by atoms with Gasteiger partial charge in [-0.1, -0.05) is 37.5 Å². The lowest BCUT2D eigenvalue weighted by atomic mass is 9.81. The largest absolute Gasteiger partial charge is 0.389 e. The van der Waals surface area contributed by atoms with Crippen molar-refractivity contribution in [3.05, 3.63) is 30.0 Å². The normalized spacial score (nSPS) is 18.8. The predicted molar refractivity (Wildman–Crippen MR) is 77.1 cm³/mol. The van der Waals surface area contributed by atoms with E-state index in [1.54, 1.807) is 0 Å². The van der Waals surface area contributed by atoms with Crippen molar-refractivity contribution < 1.29 is 5.11 Å². The SMILES string of the molecule is CCn1nc(CC2(O)CCCCC2)c2ccccc21. The van der Waals surface area contributed by atoms with Crippen molar-refractivity contribution in [3.63, 3.8) is 0 Å². The van der Waals surface area contributed by atoms with Gasteiger partial charge in [0.05, 0.1) is 16.8 Å². The Balaban J connectivity index is 1.96. The molecule has 1 aliphatic rings. The monoisotopic (exact) mass is 258 g/mol. The third-order valence-electron chi connectivity index (χ3n) is 4.31. The van der Waals surface area contributed by atoms with E-state index in [1.807, 2.05) is 4.68 Å². The van der Waals surface area contributed by atoms with Crippen LogP contribution >= 0.6 is 0 Å². The molecule has 1 aromatic carbocycles. The molecule has 3 heteroatoms. The smallest absolute Gasteiger partial charge is 0.0731 e. The first kappa shape index (κ1) is 12.7. The first-order valence-corrected chi connectivity index (χ1v) is 7.39. The molecular weight excluding hydrogens is 236 g/mol. The van der Waals surface area contributed by atoms with E-state index in [0.29, 0.717) is 6.42 Å². The molecule has 1 saturated carbocycles. The van der Waals surface area contributed by atoms with E-state index in [1.165, 1.54) is 17.3 Å². The molecule has 1 aliphatic carbocycles. The Morgan fingerprint density at radius 3 is 2.68 bits per heavy atom. The fourth-order valence-corrected chi connectivity index (χ4v) is 3.27. The van der Waals surface area contributed by atoms with Crippen LogP contribution in [-0.2, 0) is 13.0 Å². The minimum absolute atomic E-state index is 0.534. The molecule has 0 radical (unpaired) electrons. The van der Waals surface area contributed by atoms with Crippen molar-refractivity contribution in [1.82, 2.24) is 9.78 Å². The van der Waals surface area contributed by atoms with Crippen LogP contribution in [-0.4, -0.2) is 20.5 Å². The third-order valence-corrected chi connectivity index (χ3v) is 4.31. The van der Waals surface area contributed by atoms with Crippen LogP contribution in [0, 0.1) is 0 Å². The van der Waals surface area contributed by atoms with E-state index in [-0.39, 0.29) is 0 Å². The molecule has 19 heavy (non-hydrogen) atoms. The van der Waals surface area contributed by atoms with Crippen LogP contribution in [0.25, 0.3) is 10.9 Å². The van der Waals surface area contributed by atoms with E-state index in [2.05, 4.69) is 31.2 Å². The Bertz CT molecular complexity index is 567. The fourth-order valence-electron chi connectivity index (χ4n) is 3.27. The number of aryl methyl sites for hydroxylation is 1. The summed E-state index contributed by atoms with van der Waals surface area (Å²) in [6.07, 6.45) is 6.07. The molecule has 2 aromatic rings. The molecule has 0 aliphatic heterocycles. The maximum absolute atomic E-state index is 10.7. The fraction of sp³-hybridized carbons (Fsp3) is 0.562. The lowest BCUT2D eigenvalue weighted by Gasteiger charge is -2.31. The highest BCUT2D eigenvalue weighted by atomic mass is 16.3. The molecule has 0 saturated heterocycles. The second-order valence-corrected chi connectivity index (χ2v) is 5.74. The van der Waals surface area contributed by atoms with Crippen LogP contribution < -0.4 is 0 Å². The Labute approximate surface area is 114 Å². The van der Waals surface area contributed by atoms with Gasteiger partial charge in [-0.3, -0.25) is 4.68 Å². The molecule has 1 heterocycles. The molecule has 0 amide bonds. The molecule has 0 unspecified atom stereocenters. The Morgan fingerprint density at radius 2 is 1.95 bits per heavy atom. The van der Waals surface area contributed by atoms with Gasteiger partial charge in [-0.15, -0.1) is 0 Å². The zero-order valence-corrected chi connectivity index (χ0v) is 11.6. The first-order chi connectivity index (χ1) is 9.22. The maximum atomic E-state index is 10.7. The number of aliphatic hydroxyl groups is 1. The number of benzene rings is 1. The molecule has 3 nitrogen and oxygen atoms in total. The van der Waals surface area contributed by atoms with Gasteiger partial charge in [0.2, 0.25) is 0 Å².